The largest absolute Gasteiger partial charge is 0.272 e. The molecule has 2 rings (SSSR count). The Hall–Kier alpha value is -2.08. The van der Waals surface area contributed by atoms with Crippen molar-refractivity contribution in [2.24, 2.45) is 0 Å². The zero-order chi connectivity index (χ0) is 15.6. The van der Waals surface area contributed by atoms with Crippen molar-refractivity contribution < 1.29 is 18.1 Å². The number of alkyl halides is 1. The molecule has 0 saturated carbocycles. The van der Waals surface area contributed by atoms with Crippen LogP contribution in [0.15, 0.2) is 36.4 Å². The van der Waals surface area contributed by atoms with Crippen molar-refractivity contribution in [1.29, 1.82) is 0 Å². The highest BCUT2D eigenvalue weighted by atomic mass is 35.5. The minimum absolute atomic E-state index is 0.0826. The number of nitro benzene ring substituents is 1. The molecule has 1 atom stereocenters. The average molecular weight is 316 g/mol. The van der Waals surface area contributed by atoms with E-state index in [9.17, 15) is 23.3 Å². The average Bonchev–Trinajstić information content (AvgIpc) is 2.45. The molecule has 2 aromatic carbocycles. The summed E-state index contributed by atoms with van der Waals surface area (Å²) in [5.74, 6) is -4.31. The quantitative estimate of drug-likeness (QED) is 0.360. The molecule has 1 unspecified atom stereocenters. The van der Waals surface area contributed by atoms with Gasteiger partial charge in [0, 0.05) is 17.2 Å². The normalized spacial score (nSPS) is 12.2. The first-order valence-corrected chi connectivity index (χ1v) is 6.35. The van der Waals surface area contributed by atoms with Gasteiger partial charge in [-0.1, -0.05) is 24.3 Å². The van der Waals surface area contributed by atoms with E-state index in [4.69, 9.17) is 11.6 Å². The molecule has 0 bridgehead atoms. The lowest BCUT2D eigenvalue weighted by molar-refractivity contribution is -0.385. The van der Waals surface area contributed by atoms with Gasteiger partial charge in [0.15, 0.2) is 17.5 Å². The number of nitro groups is 1. The highest BCUT2D eigenvalue weighted by molar-refractivity contribution is 6.21. The Morgan fingerprint density at radius 2 is 1.76 bits per heavy atom. The van der Waals surface area contributed by atoms with E-state index in [2.05, 4.69) is 0 Å². The summed E-state index contributed by atoms with van der Waals surface area (Å²) in [6, 6.07) is 7.63. The Morgan fingerprint density at radius 1 is 1.10 bits per heavy atom. The Bertz CT molecular complexity index is 694. The van der Waals surface area contributed by atoms with E-state index in [0.29, 0.717) is 0 Å². The van der Waals surface area contributed by atoms with E-state index < -0.39 is 27.8 Å². The predicted molar refractivity (Wildman–Crippen MR) is 71.7 cm³/mol. The van der Waals surface area contributed by atoms with Crippen molar-refractivity contribution in [2.45, 2.75) is 11.8 Å². The van der Waals surface area contributed by atoms with Crippen molar-refractivity contribution in [3.05, 3.63) is 75.1 Å². The van der Waals surface area contributed by atoms with Gasteiger partial charge in [-0.3, -0.25) is 10.1 Å². The Labute approximate surface area is 123 Å². The Kier molecular flexibility index (Phi) is 4.47. The van der Waals surface area contributed by atoms with Crippen molar-refractivity contribution in [1.82, 2.24) is 0 Å². The number of benzene rings is 2. The molecule has 3 nitrogen and oxygen atoms in total. The molecular weight excluding hydrogens is 307 g/mol. The smallest absolute Gasteiger partial charge is 0.258 e. The van der Waals surface area contributed by atoms with Crippen molar-refractivity contribution in [3.8, 4) is 0 Å². The van der Waals surface area contributed by atoms with Crippen LogP contribution in [0.5, 0.6) is 0 Å². The summed E-state index contributed by atoms with van der Waals surface area (Å²) in [6.07, 6.45) is -0.0826. The van der Waals surface area contributed by atoms with Gasteiger partial charge in [0.25, 0.3) is 5.69 Å². The summed E-state index contributed by atoms with van der Waals surface area (Å²) >= 11 is 6.00. The van der Waals surface area contributed by atoms with Crippen LogP contribution >= 0.6 is 11.6 Å². The maximum absolute atomic E-state index is 13.6. The molecule has 0 aliphatic carbocycles. The summed E-state index contributed by atoms with van der Waals surface area (Å²) in [4.78, 5) is 10.3. The number of halogens is 4. The van der Waals surface area contributed by atoms with Crippen LogP contribution in [0.4, 0.5) is 18.9 Å². The lowest BCUT2D eigenvalue weighted by atomic mass is 10.0. The first-order valence-electron chi connectivity index (χ1n) is 5.91. The lowest BCUT2D eigenvalue weighted by Crippen LogP contribution is -2.04. The summed E-state index contributed by atoms with van der Waals surface area (Å²) in [7, 11) is 0. The Balaban J connectivity index is 2.33. The molecule has 21 heavy (non-hydrogen) atoms. The van der Waals surface area contributed by atoms with Crippen LogP contribution in [0.3, 0.4) is 0 Å². The highest BCUT2D eigenvalue weighted by Crippen LogP contribution is 2.31. The number of para-hydroxylation sites is 1. The lowest BCUT2D eigenvalue weighted by Gasteiger charge is -2.12. The van der Waals surface area contributed by atoms with E-state index >= 15 is 0 Å². The van der Waals surface area contributed by atoms with Crippen LogP contribution in [-0.2, 0) is 6.42 Å². The summed E-state index contributed by atoms with van der Waals surface area (Å²) in [5, 5.41) is 9.83. The molecule has 0 aliphatic heterocycles. The molecule has 0 radical (unpaired) electrons. The third kappa shape index (κ3) is 3.16. The van der Waals surface area contributed by atoms with Crippen LogP contribution in [-0.4, -0.2) is 4.92 Å². The van der Waals surface area contributed by atoms with Gasteiger partial charge in [-0.15, -0.1) is 11.6 Å². The Morgan fingerprint density at radius 3 is 2.43 bits per heavy atom. The second-order valence-electron chi connectivity index (χ2n) is 4.32. The van der Waals surface area contributed by atoms with Gasteiger partial charge < -0.3 is 0 Å². The maximum atomic E-state index is 13.6. The number of rotatable bonds is 4. The fourth-order valence-corrected chi connectivity index (χ4v) is 2.28. The third-order valence-electron chi connectivity index (χ3n) is 2.99. The first kappa shape index (κ1) is 15.3. The van der Waals surface area contributed by atoms with Crippen LogP contribution in [0.2, 0.25) is 0 Å². The first-order chi connectivity index (χ1) is 9.91. The summed E-state index contributed by atoms with van der Waals surface area (Å²) in [6.45, 7) is 0. The summed E-state index contributed by atoms with van der Waals surface area (Å²) < 4.78 is 39.7. The van der Waals surface area contributed by atoms with Gasteiger partial charge in [0.05, 0.1) is 10.3 Å². The van der Waals surface area contributed by atoms with Gasteiger partial charge in [0.2, 0.25) is 0 Å². The molecule has 0 aromatic heterocycles. The van der Waals surface area contributed by atoms with Crippen molar-refractivity contribution >= 4 is 17.3 Å². The highest BCUT2D eigenvalue weighted by Gasteiger charge is 2.22. The maximum Gasteiger partial charge on any atom is 0.272 e. The number of hydrogen-bond acceptors (Lipinski definition) is 2. The van der Waals surface area contributed by atoms with E-state index in [1.54, 1.807) is 6.07 Å². The topological polar surface area (TPSA) is 43.1 Å². The van der Waals surface area contributed by atoms with Crippen LogP contribution in [0.1, 0.15) is 16.5 Å². The predicted octanol–water partition coefficient (Wildman–Crippen LogP) is 4.53. The van der Waals surface area contributed by atoms with E-state index in [1.807, 2.05) is 0 Å². The van der Waals surface area contributed by atoms with E-state index in [0.717, 1.165) is 12.1 Å². The molecule has 0 N–H and O–H groups in total. The zero-order valence-electron chi connectivity index (χ0n) is 10.5. The van der Waals surface area contributed by atoms with Gasteiger partial charge in [0.1, 0.15) is 0 Å². The molecule has 7 heteroatoms. The van der Waals surface area contributed by atoms with Crippen LogP contribution in [0, 0.1) is 27.6 Å². The molecular formula is C14H9ClF3NO2. The minimum atomic E-state index is -1.61. The molecule has 2 aromatic rings. The van der Waals surface area contributed by atoms with Crippen molar-refractivity contribution in [2.75, 3.05) is 0 Å². The van der Waals surface area contributed by atoms with Crippen LogP contribution < -0.4 is 0 Å². The van der Waals surface area contributed by atoms with Gasteiger partial charge in [-0.25, -0.2) is 13.2 Å². The summed E-state index contributed by atoms with van der Waals surface area (Å²) in [5.41, 5.74) is -0.119. The van der Waals surface area contributed by atoms with Gasteiger partial charge >= 0.3 is 0 Å². The van der Waals surface area contributed by atoms with Crippen LogP contribution in [0.25, 0.3) is 0 Å². The molecule has 0 fully saturated rings. The van der Waals surface area contributed by atoms with Crippen molar-refractivity contribution in [3.63, 3.8) is 0 Å². The van der Waals surface area contributed by atoms with E-state index in [1.165, 1.54) is 18.2 Å². The SMILES string of the molecule is O=[N+]([O-])c1ccccc1CC(Cl)c1ccc(F)c(F)c1F. The second-order valence-corrected chi connectivity index (χ2v) is 4.85. The molecule has 0 aliphatic rings. The number of hydrogen-bond donors (Lipinski definition) is 0. The fraction of sp³-hybridized carbons (Fsp3) is 0.143. The van der Waals surface area contributed by atoms with Gasteiger partial charge in [-0.2, -0.15) is 0 Å². The number of nitrogens with zero attached hydrogens (tertiary/aromatic N) is 1. The zero-order valence-corrected chi connectivity index (χ0v) is 11.3. The second kappa shape index (κ2) is 6.13. The fourth-order valence-electron chi connectivity index (χ4n) is 1.95. The molecule has 0 spiro atoms. The minimum Gasteiger partial charge on any atom is -0.258 e. The standard InChI is InChI=1S/C14H9ClF3NO2/c15-10(9-5-6-11(16)14(18)13(9)17)7-8-3-1-2-4-12(8)19(20)21/h1-6,10H,7H2. The molecule has 0 amide bonds. The monoisotopic (exact) mass is 315 g/mol. The molecule has 110 valence electrons. The third-order valence-corrected chi connectivity index (χ3v) is 3.38. The molecule has 0 saturated heterocycles. The van der Waals surface area contributed by atoms with Gasteiger partial charge in [-0.05, 0) is 12.5 Å². The molecule has 0 heterocycles. The van der Waals surface area contributed by atoms with E-state index in [-0.39, 0.29) is 23.2 Å².